The normalized spacial score (nSPS) is 11.1. The van der Waals surface area contributed by atoms with Gasteiger partial charge in [-0.1, -0.05) is 20.8 Å². The van der Waals surface area contributed by atoms with Gasteiger partial charge in [-0.2, -0.15) is 11.3 Å². The largest absolute Gasteiger partial charge is 0.369 e. The van der Waals surface area contributed by atoms with Crippen LogP contribution in [0.1, 0.15) is 44.4 Å². The number of nitrogens with zero attached hydrogens (tertiary/aromatic N) is 2. The van der Waals surface area contributed by atoms with Crippen LogP contribution < -0.4 is 5.32 Å². The van der Waals surface area contributed by atoms with Gasteiger partial charge in [-0.15, -0.1) is 0 Å². The molecule has 0 fully saturated rings. The molecule has 0 aliphatic rings. The van der Waals surface area contributed by atoms with Crippen molar-refractivity contribution in [1.29, 1.82) is 0 Å². The van der Waals surface area contributed by atoms with Crippen molar-refractivity contribution in [3.05, 3.63) is 26.5 Å². The van der Waals surface area contributed by atoms with Gasteiger partial charge in [0.1, 0.15) is 5.82 Å². The quantitative estimate of drug-likeness (QED) is 0.800. The minimum absolute atomic E-state index is 0.354. The first-order valence-corrected chi connectivity index (χ1v) is 8.62. The number of halogens is 1. The molecule has 1 N–H and O–H groups in total. The second-order valence-electron chi connectivity index (χ2n) is 5.14. The van der Waals surface area contributed by atoms with Gasteiger partial charge < -0.3 is 5.32 Å². The van der Waals surface area contributed by atoms with Crippen molar-refractivity contribution in [2.45, 2.75) is 40.0 Å². The Hall–Kier alpha value is -0.940. The Morgan fingerprint density at radius 2 is 2.05 bits per heavy atom. The molecule has 0 saturated carbocycles. The first-order valence-electron chi connectivity index (χ1n) is 6.89. The lowest BCUT2D eigenvalue weighted by atomic mass is 10.1. The maximum atomic E-state index is 4.75. The summed E-state index contributed by atoms with van der Waals surface area (Å²) in [5.41, 5.74) is 3.41. The lowest BCUT2D eigenvalue weighted by Crippen LogP contribution is -2.08. The third kappa shape index (κ3) is 3.20. The molecule has 0 radical (unpaired) electrons. The van der Waals surface area contributed by atoms with E-state index >= 15 is 0 Å². The average molecular weight is 354 g/mol. The van der Waals surface area contributed by atoms with Crippen molar-refractivity contribution in [2.75, 3.05) is 11.9 Å². The smallest absolute Gasteiger partial charge is 0.162 e. The average Bonchev–Trinajstić information content (AvgIpc) is 2.83. The summed E-state index contributed by atoms with van der Waals surface area (Å²) in [6, 6.07) is 0. The van der Waals surface area contributed by atoms with Crippen molar-refractivity contribution in [3.63, 3.8) is 0 Å². The van der Waals surface area contributed by atoms with Crippen LogP contribution >= 0.6 is 27.3 Å². The highest BCUT2D eigenvalue weighted by atomic mass is 79.9. The van der Waals surface area contributed by atoms with Gasteiger partial charge in [-0.05, 0) is 46.1 Å². The molecule has 0 bridgehead atoms. The topological polar surface area (TPSA) is 37.8 Å². The molecule has 0 aromatic carbocycles. The molecule has 0 atom stereocenters. The maximum Gasteiger partial charge on any atom is 0.162 e. The molecule has 2 heterocycles. The summed E-state index contributed by atoms with van der Waals surface area (Å²) in [6.45, 7) is 9.47. The Morgan fingerprint density at radius 3 is 2.60 bits per heavy atom. The van der Waals surface area contributed by atoms with E-state index in [1.165, 1.54) is 5.56 Å². The fourth-order valence-corrected chi connectivity index (χ4v) is 3.52. The van der Waals surface area contributed by atoms with Crippen molar-refractivity contribution in [2.24, 2.45) is 0 Å². The van der Waals surface area contributed by atoms with Gasteiger partial charge in [0.15, 0.2) is 5.82 Å². The molecular weight excluding hydrogens is 334 g/mol. The standard InChI is InChI=1S/C15H20BrN3S/c1-5-6-17-15-12(16)13(9(2)3)18-14(19-15)11-8-20-7-10(11)4/h7-9H,5-6H2,1-4H3,(H,17,18,19). The van der Waals surface area contributed by atoms with E-state index in [0.717, 1.165) is 40.3 Å². The van der Waals surface area contributed by atoms with E-state index in [4.69, 9.17) is 9.97 Å². The molecule has 0 unspecified atom stereocenters. The van der Waals surface area contributed by atoms with E-state index in [1.807, 2.05) is 0 Å². The highest BCUT2D eigenvalue weighted by Crippen LogP contribution is 2.33. The van der Waals surface area contributed by atoms with Crippen LogP contribution in [0, 0.1) is 6.92 Å². The minimum Gasteiger partial charge on any atom is -0.369 e. The fraction of sp³-hybridized carbons (Fsp3) is 0.467. The molecule has 5 heteroatoms. The first kappa shape index (κ1) is 15.4. The molecule has 0 saturated heterocycles. The summed E-state index contributed by atoms with van der Waals surface area (Å²) in [7, 11) is 0. The fourth-order valence-electron chi connectivity index (χ4n) is 1.92. The van der Waals surface area contributed by atoms with Crippen LogP contribution in [0.4, 0.5) is 5.82 Å². The number of hydrogen-bond acceptors (Lipinski definition) is 4. The van der Waals surface area contributed by atoms with Crippen molar-refractivity contribution in [1.82, 2.24) is 9.97 Å². The molecule has 0 amide bonds. The number of aromatic nitrogens is 2. The van der Waals surface area contributed by atoms with E-state index in [1.54, 1.807) is 11.3 Å². The summed E-state index contributed by atoms with van der Waals surface area (Å²) < 4.78 is 0.984. The van der Waals surface area contributed by atoms with Crippen LogP contribution in [0.2, 0.25) is 0 Å². The van der Waals surface area contributed by atoms with E-state index < -0.39 is 0 Å². The molecule has 2 aromatic heterocycles. The number of rotatable bonds is 5. The predicted octanol–water partition coefficient (Wildman–Crippen LogP) is 5.22. The minimum atomic E-state index is 0.354. The van der Waals surface area contributed by atoms with Crippen LogP contribution in [-0.2, 0) is 0 Å². The number of thiophene rings is 1. The van der Waals surface area contributed by atoms with E-state index in [-0.39, 0.29) is 0 Å². The Morgan fingerprint density at radius 1 is 1.30 bits per heavy atom. The zero-order valence-electron chi connectivity index (χ0n) is 12.3. The van der Waals surface area contributed by atoms with Crippen LogP contribution in [0.15, 0.2) is 15.2 Å². The summed E-state index contributed by atoms with van der Waals surface area (Å²) >= 11 is 5.33. The van der Waals surface area contributed by atoms with Gasteiger partial charge in [-0.25, -0.2) is 9.97 Å². The zero-order valence-corrected chi connectivity index (χ0v) is 14.7. The molecule has 2 rings (SSSR count). The van der Waals surface area contributed by atoms with Gasteiger partial charge in [0.25, 0.3) is 0 Å². The zero-order chi connectivity index (χ0) is 14.7. The van der Waals surface area contributed by atoms with Crippen LogP contribution in [0.25, 0.3) is 11.4 Å². The molecule has 20 heavy (non-hydrogen) atoms. The summed E-state index contributed by atoms with van der Waals surface area (Å²) in [4.78, 5) is 9.45. The maximum absolute atomic E-state index is 4.75. The molecule has 0 aliphatic heterocycles. The lowest BCUT2D eigenvalue weighted by Gasteiger charge is -2.14. The van der Waals surface area contributed by atoms with Gasteiger partial charge in [0.2, 0.25) is 0 Å². The SMILES string of the molecule is CCCNc1nc(-c2cscc2C)nc(C(C)C)c1Br. The van der Waals surface area contributed by atoms with E-state index in [2.05, 4.69) is 59.7 Å². The first-order chi connectivity index (χ1) is 9.54. The van der Waals surface area contributed by atoms with Crippen molar-refractivity contribution >= 4 is 33.1 Å². The third-order valence-corrected chi connectivity index (χ3v) is 4.71. The van der Waals surface area contributed by atoms with E-state index in [0.29, 0.717) is 5.92 Å². The Bertz CT molecular complexity index is 593. The molecule has 0 aliphatic carbocycles. The number of hydrogen-bond donors (Lipinski definition) is 1. The van der Waals surface area contributed by atoms with Crippen molar-refractivity contribution in [3.8, 4) is 11.4 Å². The highest BCUT2D eigenvalue weighted by Gasteiger charge is 2.16. The monoisotopic (exact) mass is 353 g/mol. The second kappa shape index (κ2) is 6.68. The molecule has 2 aromatic rings. The molecule has 108 valence electrons. The summed E-state index contributed by atoms with van der Waals surface area (Å²) in [5, 5.41) is 7.64. The highest BCUT2D eigenvalue weighted by molar-refractivity contribution is 9.10. The summed E-state index contributed by atoms with van der Waals surface area (Å²) in [5.74, 6) is 2.06. The van der Waals surface area contributed by atoms with Gasteiger partial charge in [0, 0.05) is 17.5 Å². The number of anilines is 1. The lowest BCUT2D eigenvalue weighted by molar-refractivity contribution is 0.808. The molecule has 3 nitrogen and oxygen atoms in total. The Kier molecular flexibility index (Phi) is 5.16. The van der Waals surface area contributed by atoms with Crippen LogP contribution in [0.3, 0.4) is 0 Å². The Balaban J connectivity index is 2.53. The number of aryl methyl sites for hydroxylation is 1. The van der Waals surface area contributed by atoms with Gasteiger partial charge in [0.05, 0.1) is 10.2 Å². The van der Waals surface area contributed by atoms with Crippen LogP contribution in [0.5, 0.6) is 0 Å². The predicted molar refractivity (Wildman–Crippen MR) is 90.7 cm³/mol. The molecule has 0 spiro atoms. The molecular formula is C15H20BrN3S. The Labute approximate surface area is 133 Å². The number of nitrogens with one attached hydrogen (secondary N) is 1. The van der Waals surface area contributed by atoms with Crippen molar-refractivity contribution < 1.29 is 0 Å². The van der Waals surface area contributed by atoms with E-state index in [9.17, 15) is 0 Å². The van der Waals surface area contributed by atoms with Gasteiger partial charge >= 0.3 is 0 Å². The third-order valence-electron chi connectivity index (χ3n) is 3.06. The second-order valence-corrected chi connectivity index (χ2v) is 6.68. The van der Waals surface area contributed by atoms with Crippen LogP contribution in [-0.4, -0.2) is 16.5 Å². The van der Waals surface area contributed by atoms with Gasteiger partial charge in [-0.3, -0.25) is 0 Å². The summed E-state index contributed by atoms with van der Waals surface area (Å²) in [6.07, 6.45) is 1.07.